The van der Waals surface area contributed by atoms with E-state index in [1.165, 1.54) is 0 Å². The van der Waals surface area contributed by atoms with E-state index in [9.17, 15) is 9.59 Å². The van der Waals surface area contributed by atoms with E-state index in [1.54, 1.807) is 18.2 Å². The van der Waals surface area contributed by atoms with Gasteiger partial charge in [0.15, 0.2) is 0 Å². The number of nitrogens with one attached hydrogen (secondary N) is 1. The van der Waals surface area contributed by atoms with Crippen molar-refractivity contribution in [1.82, 2.24) is 5.32 Å². The van der Waals surface area contributed by atoms with Crippen LogP contribution in [0, 0.1) is 0 Å². The lowest BCUT2D eigenvalue weighted by Gasteiger charge is -2.14. The molecule has 1 atom stereocenters. The van der Waals surface area contributed by atoms with Crippen LogP contribution in [0.2, 0.25) is 10.0 Å². The molecule has 1 amide bonds. The number of amides is 1. The summed E-state index contributed by atoms with van der Waals surface area (Å²) in [5.41, 5.74) is 0.441. The molecule has 0 aromatic heterocycles. The fourth-order valence-electron chi connectivity index (χ4n) is 1.49. The first-order valence-corrected chi connectivity index (χ1v) is 6.27. The van der Waals surface area contributed by atoms with E-state index >= 15 is 0 Å². The maximum Gasteiger partial charge on any atom is 0.326 e. The van der Waals surface area contributed by atoms with Gasteiger partial charge in [-0.2, -0.15) is 0 Å². The normalized spacial score (nSPS) is 11.9. The predicted molar refractivity (Wildman–Crippen MR) is 71.4 cm³/mol. The van der Waals surface area contributed by atoms with Gasteiger partial charge in [-0.25, -0.2) is 4.79 Å². The summed E-state index contributed by atoms with van der Waals surface area (Å²) in [6, 6.07) is 3.72. The van der Waals surface area contributed by atoms with Crippen LogP contribution in [0.1, 0.15) is 12.0 Å². The minimum atomic E-state index is -1.20. The van der Waals surface area contributed by atoms with E-state index in [0.717, 1.165) is 0 Å². The number of aliphatic carboxylic acids is 1. The van der Waals surface area contributed by atoms with Crippen LogP contribution < -0.4 is 5.32 Å². The van der Waals surface area contributed by atoms with Crippen LogP contribution in [0.5, 0.6) is 0 Å². The third-order valence-corrected chi connectivity index (χ3v) is 3.16. The number of aliphatic hydroxyl groups excluding tert-OH is 1. The summed E-state index contributed by atoms with van der Waals surface area (Å²) < 4.78 is 0. The number of carbonyl (C=O) groups is 2. The molecule has 19 heavy (non-hydrogen) atoms. The Hall–Kier alpha value is -1.30. The Labute approximate surface area is 120 Å². The molecule has 0 heterocycles. The number of rotatable bonds is 6. The van der Waals surface area contributed by atoms with Gasteiger partial charge >= 0.3 is 5.97 Å². The Balaban J connectivity index is 2.72. The molecule has 0 saturated carbocycles. The van der Waals surface area contributed by atoms with Crippen molar-refractivity contribution in [3.63, 3.8) is 0 Å². The van der Waals surface area contributed by atoms with Crippen LogP contribution in [0.4, 0.5) is 0 Å². The molecule has 0 bridgehead atoms. The van der Waals surface area contributed by atoms with Crippen molar-refractivity contribution in [3.8, 4) is 0 Å². The molecule has 5 nitrogen and oxygen atoms in total. The van der Waals surface area contributed by atoms with Gasteiger partial charge in [-0.15, -0.1) is 0 Å². The Morgan fingerprint density at radius 2 is 1.84 bits per heavy atom. The van der Waals surface area contributed by atoms with Crippen LogP contribution >= 0.6 is 23.2 Å². The van der Waals surface area contributed by atoms with Crippen LogP contribution in [-0.4, -0.2) is 34.7 Å². The first-order valence-electron chi connectivity index (χ1n) is 5.51. The average Bonchev–Trinajstić information content (AvgIpc) is 2.33. The van der Waals surface area contributed by atoms with Crippen molar-refractivity contribution >= 4 is 35.1 Å². The van der Waals surface area contributed by atoms with E-state index in [4.69, 9.17) is 33.4 Å². The van der Waals surface area contributed by atoms with Crippen LogP contribution in [0.25, 0.3) is 0 Å². The average molecular weight is 306 g/mol. The molecule has 0 aliphatic heterocycles. The zero-order valence-corrected chi connectivity index (χ0v) is 11.4. The number of carboxylic acids is 1. The van der Waals surface area contributed by atoms with Crippen molar-refractivity contribution < 1.29 is 19.8 Å². The van der Waals surface area contributed by atoms with Crippen molar-refractivity contribution in [2.45, 2.75) is 18.9 Å². The Kier molecular flexibility index (Phi) is 6.08. The fourth-order valence-corrected chi connectivity index (χ4v) is 2.02. The highest BCUT2D eigenvalue weighted by molar-refractivity contribution is 6.36. The smallest absolute Gasteiger partial charge is 0.326 e. The second kappa shape index (κ2) is 7.33. The maximum absolute atomic E-state index is 11.7. The highest BCUT2D eigenvalue weighted by atomic mass is 35.5. The minimum Gasteiger partial charge on any atom is -0.480 e. The van der Waals surface area contributed by atoms with E-state index in [0.29, 0.717) is 15.6 Å². The lowest BCUT2D eigenvalue weighted by molar-refractivity contribution is -0.142. The number of carbonyl (C=O) groups excluding carboxylic acids is 1. The van der Waals surface area contributed by atoms with Crippen molar-refractivity contribution in [2.24, 2.45) is 0 Å². The third-order valence-electron chi connectivity index (χ3n) is 2.45. The van der Waals surface area contributed by atoms with Gasteiger partial charge < -0.3 is 15.5 Å². The van der Waals surface area contributed by atoms with Gasteiger partial charge in [0.2, 0.25) is 5.91 Å². The molecule has 0 saturated heterocycles. The molecule has 0 radical (unpaired) electrons. The summed E-state index contributed by atoms with van der Waals surface area (Å²) in [6.07, 6.45) is -0.176. The van der Waals surface area contributed by atoms with Gasteiger partial charge in [-0.3, -0.25) is 4.79 Å². The molecule has 0 fully saturated rings. The van der Waals surface area contributed by atoms with Crippen LogP contribution in [0.3, 0.4) is 0 Å². The summed E-state index contributed by atoms with van der Waals surface area (Å²) >= 11 is 11.8. The van der Waals surface area contributed by atoms with Crippen molar-refractivity contribution in [3.05, 3.63) is 33.8 Å². The zero-order valence-electron chi connectivity index (χ0n) is 9.90. The van der Waals surface area contributed by atoms with Crippen LogP contribution in [0.15, 0.2) is 18.2 Å². The number of halogens is 2. The molecule has 0 aliphatic rings. The van der Waals surface area contributed by atoms with Gasteiger partial charge in [0.25, 0.3) is 0 Å². The first kappa shape index (κ1) is 15.8. The largest absolute Gasteiger partial charge is 0.480 e. The summed E-state index contributed by atoms with van der Waals surface area (Å²) in [6.45, 7) is -0.329. The lowest BCUT2D eigenvalue weighted by Crippen LogP contribution is -2.42. The Morgan fingerprint density at radius 1 is 1.26 bits per heavy atom. The zero-order chi connectivity index (χ0) is 14.4. The summed E-state index contributed by atoms with van der Waals surface area (Å²) in [5, 5.41) is 20.6. The minimum absolute atomic E-state index is 0.0582. The highest BCUT2D eigenvalue weighted by Gasteiger charge is 2.20. The lowest BCUT2D eigenvalue weighted by atomic mass is 10.1. The molecule has 3 N–H and O–H groups in total. The van der Waals surface area contributed by atoms with Gasteiger partial charge in [-0.1, -0.05) is 29.3 Å². The summed E-state index contributed by atoms with van der Waals surface area (Å²) in [5.74, 6) is -1.72. The quantitative estimate of drug-likeness (QED) is 0.743. The molecule has 104 valence electrons. The van der Waals surface area contributed by atoms with E-state index in [2.05, 4.69) is 5.32 Å². The van der Waals surface area contributed by atoms with Crippen LogP contribution in [-0.2, 0) is 16.0 Å². The molecule has 0 aliphatic carbocycles. The maximum atomic E-state index is 11.7. The molecule has 0 unspecified atom stereocenters. The number of carboxylic acid groups (broad SMARTS) is 1. The van der Waals surface area contributed by atoms with Crippen molar-refractivity contribution in [1.29, 1.82) is 0 Å². The fraction of sp³-hybridized carbons (Fsp3) is 0.333. The van der Waals surface area contributed by atoms with Gasteiger partial charge in [0.05, 0.1) is 6.42 Å². The van der Waals surface area contributed by atoms with Gasteiger partial charge in [-0.05, 0) is 17.7 Å². The number of benzene rings is 1. The second-order valence-electron chi connectivity index (χ2n) is 3.85. The molecule has 7 heteroatoms. The second-order valence-corrected chi connectivity index (χ2v) is 4.66. The first-order chi connectivity index (χ1) is 8.95. The molecular weight excluding hydrogens is 293 g/mol. The number of hydrogen-bond donors (Lipinski definition) is 3. The molecular formula is C12H13Cl2NO4. The summed E-state index contributed by atoms with van der Waals surface area (Å²) in [7, 11) is 0. The third kappa shape index (κ3) is 4.70. The monoisotopic (exact) mass is 305 g/mol. The van der Waals surface area contributed by atoms with E-state index < -0.39 is 17.9 Å². The topological polar surface area (TPSA) is 86.6 Å². The molecule has 0 spiro atoms. The van der Waals surface area contributed by atoms with Crippen molar-refractivity contribution in [2.75, 3.05) is 6.61 Å². The molecule has 1 aromatic carbocycles. The van der Waals surface area contributed by atoms with Gasteiger partial charge in [0, 0.05) is 23.1 Å². The Morgan fingerprint density at radius 3 is 2.32 bits per heavy atom. The summed E-state index contributed by atoms with van der Waals surface area (Å²) in [4.78, 5) is 22.6. The molecule has 1 aromatic rings. The van der Waals surface area contributed by atoms with E-state index in [-0.39, 0.29) is 19.4 Å². The highest BCUT2D eigenvalue weighted by Crippen LogP contribution is 2.24. The predicted octanol–water partition coefficient (Wildman–Crippen LogP) is 1.49. The SMILES string of the molecule is O=C(Cc1c(Cl)cccc1Cl)N[C@H](CCO)C(=O)O. The Bertz CT molecular complexity index is 459. The molecule has 1 rings (SSSR count). The van der Waals surface area contributed by atoms with E-state index in [1.807, 2.05) is 0 Å². The standard InChI is InChI=1S/C12H13Cl2NO4/c13-8-2-1-3-9(14)7(8)6-11(17)15-10(4-5-16)12(18)19/h1-3,10,16H,4-6H2,(H,15,17)(H,18,19)/t10-/m1/s1. The van der Waals surface area contributed by atoms with Gasteiger partial charge in [0.1, 0.15) is 6.04 Å². The number of hydrogen-bond acceptors (Lipinski definition) is 3. The number of aliphatic hydroxyl groups is 1.